The van der Waals surface area contributed by atoms with Crippen molar-refractivity contribution in [2.24, 2.45) is 11.7 Å². The summed E-state index contributed by atoms with van der Waals surface area (Å²) in [7, 11) is 0. The molecule has 1 heterocycles. The summed E-state index contributed by atoms with van der Waals surface area (Å²) < 4.78 is 0. The largest absolute Gasteiger partial charge is 0.353 e. The highest BCUT2D eigenvalue weighted by molar-refractivity contribution is 7.11. The number of halogens is 1. The summed E-state index contributed by atoms with van der Waals surface area (Å²) in [6.07, 6.45) is 5.02. The second-order valence-electron chi connectivity index (χ2n) is 6.43. The Morgan fingerprint density at radius 2 is 2.24 bits per heavy atom. The molecule has 3 unspecified atom stereocenters. The van der Waals surface area contributed by atoms with Gasteiger partial charge in [-0.05, 0) is 45.7 Å². The van der Waals surface area contributed by atoms with E-state index in [4.69, 9.17) is 5.73 Å². The number of carbonyl (C=O) groups is 1. The van der Waals surface area contributed by atoms with Crippen LogP contribution in [0.3, 0.4) is 0 Å². The number of hydrogen-bond acceptors (Lipinski definition) is 3. The first-order valence-electron chi connectivity index (χ1n) is 7.53. The predicted octanol–water partition coefficient (Wildman–Crippen LogP) is 3.43. The molecule has 1 fully saturated rings. The minimum Gasteiger partial charge on any atom is -0.353 e. The van der Waals surface area contributed by atoms with Crippen molar-refractivity contribution < 1.29 is 4.79 Å². The molecule has 1 aliphatic carbocycles. The molecule has 2 rings (SSSR count). The van der Waals surface area contributed by atoms with Crippen molar-refractivity contribution in [1.82, 2.24) is 5.32 Å². The first-order chi connectivity index (χ1) is 9.38. The minimum absolute atomic E-state index is 0. The number of hydrogen-bond donors (Lipinski definition) is 2. The van der Waals surface area contributed by atoms with Crippen molar-refractivity contribution in [2.45, 2.75) is 64.5 Å². The molecule has 1 saturated carbocycles. The summed E-state index contributed by atoms with van der Waals surface area (Å²) in [6.45, 7) is 6.20. The fourth-order valence-corrected chi connectivity index (χ4v) is 4.10. The second-order valence-corrected chi connectivity index (χ2v) is 7.80. The van der Waals surface area contributed by atoms with Gasteiger partial charge >= 0.3 is 0 Å². The Bertz CT molecular complexity index is 473. The first-order valence-corrected chi connectivity index (χ1v) is 8.35. The van der Waals surface area contributed by atoms with Crippen molar-refractivity contribution in [3.05, 3.63) is 21.9 Å². The van der Waals surface area contributed by atoms with E-state index in [9.17, 15) is 4.79 Å². The van der Waals surface area contributed by atoms with Crippen LogP contribution in [0, 0.1) is 12.8 Å². The third-order valence-corrected chi connectivity index (χ3v) is 5.29. The van der Waals surface area contributed by atoms with Crippen LogP contribution >= 0.6 is 23.7 Å². The summed E-state index contributed by atoms with van der Waals surface area (Å²) >= 11 is 1.80. The van der Waals surface area contributed by atoms with Gasteiger partial charge in [-0.25, -0.2) is 0 Å². The third-order valence-electron chi connectivity index (χ3n) is 4.26. The normalized spacial score (nSPS) is 26.8. The van der Waals surface area contributed by atoms with Crippen LogP contribution in [0.4, 0.5) is 0 Å². The highest BCUT2D eigenvalue weighted by Gasteiger charge is 2.37. The smallest absolute Gasteiger partial charge is 0.225 e. The lowest BCUT2D eigenvalue weighted by Gasteiger charge is -2.37. The fourth-order valence-electron chi connectivity index (χ4n) is 3.08. The van der Waals surface area contributed by atoms with Gasteiger partial charge in [0, 0.05) is 27.8 Å². The van der Waals surface area contributed by atoms with E-state index < -0.39 is 0 Å². The van der Waals surface area contributed by atoms with E-state index in [0.717, 1.165) is 32.1 Å². The highest BCUT2D eigenvalue weighted by Crippen LogP contribution is 2.31. The molecule has 3 atom stereocenters. The van der Waals surface area contributed by atoms with Crippen LogP contribution < -0.4 is 11.1 Å². The van der Waals surface area contributed by atoms with Crippen LogP contribution in [0.1, 0.15) is 49.3 Å². The molecule has 21 heavy (non-hydrogen) atoms. The van der Waals surface area contributed by atoms with E-state index in [1.807, 2.05) is 6.92 Å². The number of nitrogens with one attached hydrogen (secondary N) is 1. The van der Waals surface area contributed by atoms with Gasteiger partial charge in [-0.1, -0.05) is 12.8 Å². The number of thiophene rings is 1. The average molecular weight is 331 g/mol. The molecule has 1 aliphatic rings. The number of amides is 1. The van der Waals surface area contributed by atoms with Gasteiger partial charge < -0.3 is 11.1 Å². The number of nitrogens with two attached hydrogens (primary N) is 1. The molecule has 3 nitrogen and oxygen atoms in total. The van der Waals surface area contributed by atoms with E-state index >= 15 is 0 Å². The monoisotopic (exact) mass is 330 g/mol. The molecule has 1 amide bonds. The van der Waals surface area contributed by atoms with E-state index in [1.165, 1.54) is 9.75 Å². The standard InChI is InChI=1S/C16H26N2OS.ClH/c1-11(10-13-8-7-12(2)20-13)18-15(19)14-6-4-5-9-16(14,3)17;/h7-8,11,14H,4-6,9-10,17H2,1-3H3,(H,18,19);1H. The SMILES string of the molecule is Cc1ccc(CC(C)NC(=O)C2CCCCC2(C)N)s1.Cl. The maximum absolute atomic E-state index is 12.4. The van der Waals surface area contributed by atoms with Crippen LogP contribution in [-0.2, 0) is 11.2 Å². The van der Waals surface area contributed by atoms with Crippen LogP contribution in [0.5, 0.6) is 0 Å². The summed E-state index contributed by atoms with van der Waals surface area (Å²) in [4.78, 5) is 15.1. The molecular formula is C16H27ClN2OS. The van der Waals surface area contributed by atoms with Gasteiger partial charge in [0.05, 0.1) is 5.92 Å². The molecule has 0 aromatic carbocycles. The molecule has 0 spiro atoms. The Morgan fingerprint density at radius 1 is 1.52 bits per heavy atom. The molecule has 0 saturated heterocycles. The van der Waals surface area contributed by atoms with Crippen LogP contribution in [0.25, 0.3) is 0 Å². The summed E-state index contributed by atoms with van der Waals surface area (Å²) in [5, 5.41) is 3.15. The molecule has 1 aromatic rings. The Balaban J connectivity index is 0.00000220. The highest BCUT2D eigenvalue weighted by atomic mass is 35.5. The van der Waals surface area contributed by atoms with Gasteiger partial charge in [-0.2, -0.15) is 0 Å². The molecule has 1 aromatic heterocycles. The molecule has 5 heteroatoms. The van der Waals surface area contributed by atoms with Gasteiger partial charge in [0.25, 0.3) is 0 Å². The topological polar surface area (TPSA) is 55.1 Å². The van der Waals surface area contributed by atoms with E-state index in [2.05, 4.69) is 31.3 Å². The van der Waals surface area contributed by atoms with Gasteiger partial charge in [-0.3, -0.25) is 4.79 Å². The Morgan fingerprint density at radius 3 is 2.81 bits per heavy atom. The first kappa shape index (κ1) is 18.5. The summed E-state index contributed by atoms with van der Waals surface area (Å²) in [6, 6.07) is 4.45. The molecule has 120 valence electrons. The van der Waals surface area contributed by atoms with Gasteiger partial charge in [-0.15, -0.1) is 23.7 Å². The zero-order valence-electron chi connectivity index (χ0n) is 13.1. The van der Waals surface area contributed by atoms with E-state index in [1.54, 1.807) is 11.3 Å². The number of carbonyl (C=O) groups excluding carboxylic acids is 1. The maximum Gasteiger partial charge on any atom is 0.225 e. The van der Waals surface area contributed by atoms with Crippen molar-refractivity contribution in [3.8, 4) is 0 Å². The van der Waals surface area contributed by atoms with Crippen molar-refractivity contribution in [3.63, 3.8) is 0 Å². The number of rotatable bonds is 4. The fraction of sp³-hybridized carbons (Fsp3) is 0.688. The maximum atomic E-state index is 12.4. The molecule has 0 aliphatic heterocycles. The summed E-state index contributed by atoms with van der Waals surface area (Å²) in [5.74, 6) is 0.0965. The van der Waals surface area contributed by atoms with Crippen LogP contribution in [0.15, 0.2) is 12.1 Å². The lowest BCUT2D eigenvalue weighted by Crippen LogP contribution is -2.54. The van der Waals surface area contributed by atoms with Crippen molar-refractivity contribution >= 4 is 29.7 Å². The Hall–Kier alpha value is -0.580. The lowest BCUT2D eigenvalue weighted by atomic mass is 9.74. The van der Waals surface area contributed by atoms with Gasteiger partial charge in [0.1, 0.15) is 0 Å². The van der Waals surface area contributed by atoms with E-state index in [-0.39, 0.29) is 35.8 Å². The number of aryl methyl sites for hydroxylation is 1. The van der Waals surface area contributed by atoms with Gasteiger partial charge in [0.2, 0.25) is 5.91 Å². The zero-order valence-corrected chi connectivity index (χ0v) is 14.8. The van der Waals surface area contributed by atoms with Crippen LogP contribution in [0.2, 0.25) is 0 Å². The predicted molar refractivity (Wildman–Crippen MR) is 92.2 cm³/mol. The van der Waals surface area contributed by atoms with Crippen LogP contribution in [-0.4, -0.2) is 17.5 Å². The quantitative estimate of drug-likeness (QED) is 0.888. The molecule has 0 bridgehead atoms. The molecule has 0 radical (unpaired) electrons. The Labute approximate surface area is 138 Å². The second kappa shape index (κ2) is 7.61. The zero-order chi connectivity index (χ0) is 14.8. The van der Waals surface area contributed by atoms with Crippen molar-refractivity contribution in [2.75, 3.05) is 0 Å². The lowest BCUT2D eigenvalue weighted by molar-refractivity contribution is -0.128. The Kier molecular flexibility index (Phi) is 6.70. The van der Waals surface area contributed by atoms with E-state index in [0.29, 0.717) is 0 Å². The summed E-state index contributed by atoms with van der Waals surface area (Å²) in [5.41, 5.74) is 5.95. The molecular weight excluding hydrogens is 304 g/mol. The third kappa shape index (κ3) is 4.97. The van der Waals surface area contributed by atoms with Crippen molar-refractivity contribution in [1.29, 1.82) is 0 Å². The minimum atomic E-state index is -0.346. The van der Waals surface area contributed by atoms with Gasteiger partial charge in [0.15, 0.2) is 0 Å². The average Bonchev–Trinajstić information content (AvgIpc) is 2.73. The molecule has 3 N–H and O–H groups in total.